The summed E-state index contributed by atoms with van der Waals surface area (Å²) in [5, 5.41) is 5.90. The molecule has 0 aliphatic heterocycles. The van der Waals surface area contributed by atoms with E-state index in [-0.39, 0.29) is 11.3 Å². The second-order valence-corrected chi connectivity index (χ2v) is 3.82. The zero-order valence-corrected chi connectivity index (χ0v) is 9.78. The molecule has 1 amide bonds. The van der Waals surface area contributed by atoms with E-state index >= 15 is 0 Å². The molecule has 0 radical (unpaired) electrons. The van der Waals surface area contributed by atoms with Crippen molar-refractivity contribution in [2.24, 2.45) is 0 Å². The van der Waals surface area contributed by atoms with E-state index in [2.05, 4.69) is 10.5 Å². The van der Waals surface area contributed by atoms with Crippen LogP contribution in [0.3, 0.4) is 0 Å². The van der Waals surface area contributed by atoms with Gasteiger partial charge < -0.3 is 9.84 Å². The largest absolute Gasteiger partial charge is 0.416 e. The third kappa shape index (κ3) is 2.93. The highest BCUT2D eigenvalue weighted by Crippen LogP contribution is 2.29. The first-order chi connectivity index (χ1) is 8.88. The smallest absolute Gasteiger partial charge is 0.361 e. The number of hydrogen-bond donors (Lipinski definition) is 1. The van der Waals surface area contributed by atoms with Gasteiger partial charge in [0.05, 0.1) is 11.8 Å². The van der Waals surface area contributed by atoms with Crippen LogP contribution in [0.4, 0.5) is 18.9 Å². The minimum absolute atomic E-state index is 0.236. The fraction of sp³-hybridized carbons (Fsp3) is 0.167. The van der Waals surface area contributed by atoms with Crippen molar-refractivity contribution in [3.05, 3.63) is 47.3 Å². The number of rotatable bonds is 2. The van der Waals surface area contributed by atoms with Gasteiger partial charge in [0.2, 0.25) is 0 Å². The zero-order valence-electron chi connectivity index (χ0n) is 9.78. The van der Waals surface area contributed by atoms with E-state index < -0.39 is 17.6 Å². The molecule has 1 N–H and O–H groups in total. The third-order valence-electron chi connectivity index (χ3n) is 2.47. The molecule has 1 aromatic carbocycles. The number of nitrogens with zero attached hydrogens (tertiary/aromatic N) is 1. The maximum atomic E-state index is 12.4. The minimum Gasteiger partial charge on any atom is -0.361 e. The third-order valence-corrected chi connectivity index (χ3v) is 2.47. The average molecular weight is 276 g/mol. The number of benzene rings is 1. The number of anilines is 1. The van der Waals surface area contributed by atoms with Crippen LogP contribution in [-0.4, -0.2) is 11.1 Å². The second-order valence-electron chi connectivity index (χ2n) is 3.82. The van der Waals surface area contributed by atoms with Crippen LogP contribution in [0.1, 0.15) is 21.7 Å². The summed E-state index contributed by atoms with van der Waals surface area (Å²) in [6, 6.07) is 4.17. The summed E-state index contributed by atoms with van der Waals surface area (Å²) in [5.74, 6) is -0.150. The Morgan fingerprint density at radius 3 is 2.37 bits per heavy atom. The molecule has 0 spiro atoms. The number of alkyl halides is 3. The number of halogens is 3. The zero-order chi connectivity index (χ0) is 14.0. The maximum absolute atomic E-state index is 12.4. The molecule has 2 aromatic rings. The van der Waals surface area contributed by atoms with E-state index in [9.17, 15) is 18.0 Å². The number of amides is 1. The number of nitrogens with one attached hydrogen (secondary N) is 1. The summed E-state index contributed by atoms with van der Waals surface area (Å²) in [6.45, 7) is 1.56. The van der Waals surface area contributed by atoms with Gasteiger partial charge in [-0.1, -0.05) is 5.16 Å². The van der Waals surface area contributed by atoms with Crippen molar-refractivity contribution in [3.8, 4) is 0 Å². The number of carbonyl (C=O) groups excluding carboxylic acids is 1. The normalized spacial score (nSPS) is 11.4. The summed E-state index contributed by atoms with van der Waals surface area (Å²) in [4.78, 5) is 11.7. The molecule has 1 aromatic heterocycles. The first kappa shape index (κ1) is 13.1. The molecule has 0 fully saturated rings. The Labute approximate surface area is 106 Å². The Hall–Kier alpha value is -2.31. The van der Waals surface area contributed by atoms with Crippen LogP contribution in [0.15, 0.2) is 35.0 Å². The van der Waals surface area contributed by atoms with Crippen molar-refractivity contribution >= 4 is 11.6 Å². The SMILES string of the molecule is Cc1oncc1C(=O)N[13c]1[13cH][13cH][13c](C(F)(F)F)[13cH][13cH]1. The summed E-state index contributed by atoms with van der Waals surface area (Å²) in [7, 11) is 0. The van der Waals surface area contributed by atoms with Crippen LogP contribution in [0.5, 0.6) is 0 Å². The van der Waals surface area contributed by atoms with Gasteiger partial charge in [0.25, 0.3) is 5.91 Å². The van der Waals surface area contributed by atoms with E-state index in [1.807, 2.05) is 0 Å². The number of carbonyl (C=O) groups is 1. The summed E-state index contributed by atoms with van der Waals surface area (Å²) in [6.07, 6.45) is -3.15. The van der Waals surface area contributed by atoms with Crippen molar-refractivity contribution < 1.29 is 22.5 Å². The van der Waals surface area contributed by atoms with Gasteiger partial charge in [-0.05, 0) is 31.2 Å². The van der Waals surface area contributed by atoms with Crippen LogP contribution in [0.2, 0.25) is 0 Å². The lowest BCUT2D eigenvalue weighted by Gasteiger charge is -2.08. The first-order valence-electron chi connectivity index (χ1n) is 5.28. The average Bonchev–Trinajstić information content (AvgIpc) is 2.75. The lowest BCUT2D eigenvalue weighted by molar-refractivity contribution is -0.137. The Kier molecular flexibility index (Phi) is 3.28. The van der Waals surface area contributed by atoms with Crippen LogP contribution in [0, 0.1) is 6.92 Å². The second kappa shape index (κ2) is 4.75. The molecular weight excluding hydrogens is 267 g/mol. The van der Waals surface area contributed by atoms with E-state index in [0.717, 1.165) is 12.1 Å². The fourth-order valence-corrected chi connectivity index (χ4v) is 1.46. The van der Waals surface area contributed by atoms with Gasteiger partial charge in [-0.3, -0.25) is 4.79 Å². The maximum Gasteiger partial charge on any atom is 0.416 e. The van der Waals surface area contributed by atoms with Crippen molar-refractivity contribution in [2.75, 3.05) is 5.32 Å². The van der Waals surface area contributed by atoms with Crippen molar-refractivity contribution in [2.45, 2.75) is 13.1 Å². The molecule has 0 bridgehead atoms. The molecule has 0 aliphatic rings. The molecule has 0 unspecified atom stereocenters. The van der Waals surface area contributed by atoms with E-state index in [4.69, 9.17) is 4.52 Å². The van der Waals surface area contributed by atoms with Gasteiger partial charge in [-0.15, -0.1) is 0 Å². The summed E-state index contributed by atoms with van der Waals surface area (Å²) < 4.78 is 41.8. The first-order valence-corrected chi connectivity index (χ1v) is 5.28. The Bertz CT molecular complexity index is 588. The molecule has 0 aliphatic carbocycles. The van der Waals surface area contributed by atoms with E-state index in [0.29, 0.717) is 5.76 Å². The molecule has 100 valence electrons. The molecule has 2 rings (SSSR count). The Morgan fingerprint density at radius 2 is 1.89 bits per heavy atom. The van der Waals surface area contributed by atoms with Gasteiger partial charge in [-0.25, -0.2) is 0 Å². The van der Waals surface area contributed by atoms with Gasteiger partial charge >= 0.3 is 6.18 Å². The highest BCUT2D eigenvalue weighted by Gasteiger charge is 2.30. The fourth-order valence-electron chi connectivity index (χ4n) is 1.46. The number of aromatic nitrogens is 1. The van der Waals surface area contributed by atoms with Crippen molar-refractivity contribution in [1.82, 2.24) is 5.16 Å². The standard InChI is InChI=1S/C12H9F3N2O2/c1-7-10(6-16-19-7)11(18)17-9-4-2-8(3-5-9)12(13,14)15/h2-6H,1H3,(H,17,18)/i2+1,3+1,4+1,5+1,8+1,9+1. The molecule has 4 nitrogen and oxygen atoms in total. The molecular formula is C12H9F3N2O2. The molecule has 19 heavy (non-hydrogen) atoms. The molecule has 1 heterocycles. The Balaban J connectivity index is 2.12. The summed E-state index contributed by atoms with van der Waals surface area (Å²) >= 11 is 0. The van der Waals surface area contributed by atoms with Crippen molar-refractivity contribution in [3.63, 3.8) is 0 Å². The quantitative estimate of drug-likeness (QED) is 0.916. The van der Waals surface area contributed by atoms with Crippen LogP contribution in [0.25, 0.3) is 0 Å². The highest BCUT2D eigenvalue weighted by molar-refractivity contribution is 6.04. The minimum atomic E-state index is -4.40. The number of hydrogen-bond acceptors (Lipinski definition) is 3. The number of aryl methyl sites for hydroxylation is 1. The monoisotopic (exact) mass is 276 g/mol. The van der Waals surface area contributed by atoms with E-state index in [1.165, 1.54) is 18.3 Å². The van der Waals surface area contributed by atoms with Gasteiger partial charge in [0.1, 0.15) is 11.3 Å². The predicted molar refractivity (Wildman–Crippen MR) is 60.6 cm³/mol. The summed E-state index contributed by atoms with van der Waals surface area (Å²) in [5.41, 5.74) is -0.273. The predicted octanol–water partition coefficient (Wildman–Crippen LogP) is 3.25. The molecule has 0 saturated carbocycles. The van der Waals surface area contributed by atoms with Gasteiger partial charge in [0, 0.05) is 5.69 Å². The van der Waals surface area contributed by atoms with Gasteiger partial charge in [0.15, 0.2) is 0 Å². The Morgan fingerprint density at radius 1 is 1.26 bits per heavy atom. The van der Waals surface area contributed by atoms with Gasteiger partial charge in [-0.2, -0.15) is 13.2 Å². The highest BCUT2D eigenvalue weighted by atomic mass is 19.4. The molecule has 0 atom stereocenters. The lowest BCUT2D eigenvalue weighted by Crippen LogP contribution is -2.12. The molecule has 0 saturated heterocycles. The molecule has 7 heteroatoms. The van der Waals surface area contributed by atoms with Crippen molar-refractivity contribution in [1.29, 1.82) is 0 Å². The lowest BCUT2D eigenvalue weighted by atomic mass is 10.3. The topological polar surface area (TPSA) is 55.1 Å². The van der Waals surface area contributed by atoms with E-state index in [1.54, 1.807) is 6.92 Å². The van der Waals surface area contributed by atoms with Crippen LogP contribution in [-0.2, 0) is 6.18 Å². The van der Waals surface area contributed by atoms with Crippen LogP contribution >= 0.6 is 0 Å². The van der Waals surface area contributed by atoms with Crippen LogP contribution < -0.4 is 5.32 Å².